The fourth-order valence-corrected chi connectivity index (χ4v) is 3.92. The Bertz CT molecular complexity index is 716. The third-order valence-electron chi connectivity index (χ3n) is 5.20. The molecule has 1 aromatic rings. The van der Waals surface area contributed by atoms with Gasteiger partial charge in [-0.05, 0) is 44.4 Å². The third kappa shape index (κ3) is 3.59. The number of aromatic nitrogens is 2. The van der Waals surface area contributed by atoms with Crippen molar-refractivity contribution in [2.75, 3.05) is 37.7 Å². The fourth-order valence-electron chi connectivity index (χ4n) is 3.76. The second-order valence-corrected chi connectivity index (χ2v) is 7.46. The van der Waals surface area contributed by atoms with E-state index in [0.29, 0.717) is 6.04 Å². The predicted octanol–water partition coefficient (Wildman–Crippen LogP) is 2.69. The van der Waals surface area contributed by atoms with Gasteiger partial charge in [-0.15, -0.1) is 0 Å². The molecule has 5 nitrogen and oxygen atoms in total. The topological polar surface area (TPSA) is 50.3 Å². The Kier molecular flexibility index (Phi) is 5.06. The van der Waals surface area contributed by atoms with Crippen LogP contribution < -0.4 is 10.2 Å². The zero-order valence-electron chi connectivity index (χ0n) is 14.7. The van der Waals surface area contributed by atoms with E-state index in [1.807, 2.05) is 6.08 Å². The van der Waals surface area contributed by atoms with E-state index in [0.717, 1.165) is 75.2 Å². The van der Waals surface area contributed by atoms with E-state index in [9.17, 15) is 0 Å². The maximum absolute atomic E-state index is 6.16. The first-order valence-corrected chi connectivity index (χ1v) is 9.60. The molecule has 1 fully saturated rings. The summed E-state index contributed by atoms with van der Waals surface area (Å²) < 4.78 is 5.58. The molecule has 0 unspecified atom stereocenters. The molecule has 0 aromatic carbocycles. The van der Waals surface area contributed by atoms with Crippen molar-refractivity contribution in [1.29, 1.82) is 0 Å². The highest BCUT2D eigenvalue weighted by Crippen LogP contribution is 2.32. The highest BCUT2D eigenvalue weighted by molar-refractivity contribution is 6.29. The van der Waals surface area contributed by atoms with E-state index in [4.69, 9.17) is 26.3 Å². The van der Waals surface area contributed by atoms with E-state index in [2.05, 4.69) is 23.2 Å². The molecule has 134 valence electrons. The molecular weight excluding hydrogens is 336 g/mol. The minimum atomic E-state index is 0.304. The number of anilines is 1. The monoisotopic (exact) mass is 360 g/mol. The van der Waals surface area contributed by atoms with Crippen molar-refractivity contribution in [2.24, 2.45) is 0 Å². The van der Waals surface area contributed by atoms with Crippen molar-refractivity contribution in [3.63, 3.8) is 0 Å². The molecule has 0 radical (unpaired) electrons. The van der Waals surface area contributed by atoms with Crippen LogP contribution in [-0.2, 0) is 17.6 Å². The summed E-state index contributed by atoms with van der Waals surface area (Å²) in [5, 5.41) is 4.41. The predicted molar refractivity (Wildman–Crippen MR) is 101 cm³/mol. The first-order chi connectivity index (χ1) is 12.2. The van der Waals surface area contributed by atoms with Gasteiger partial charge in [-0.25, -0.2) is 9.97 Å². The molecule has 3 aliphatic rings. The number of nitrogens with zero attached hydrogens (tertiary/aromatic N) is 3. The standard InChI is InChI=1S/C19H25ClN4O/c1-13-12-25-11-10-24(13)19-22-17-7-9-21-8-6-16(17)18(23-19)14-2-4-15(20)5-3-14/h2,4,13,21H,3,5-12H2,1H3/t13-/m0/s1. The number of ether oxygens (including phenoxy) is 1. The van der Waals surface area contributed by atoms with Crippen LogP contribution in [-0.4, -0.2) is 48.9 Å². The fraction of sp³-hybridized carbons (Fsp3) is 0.579. The van der Waals surface area contributed by atoms with Crippen LogP contribution in [0.2, 0.25) is 0 Å². The van der Waals surface area contributed by atoms with Gasteiger partial charge >= 0.3 is 0 Å². The van der Waals surface area contributed by atoms with Crippen LogP contribution in [0.5, 0.6) is 0 Å². The van der Waals surface area contributed by atoms with Crippen molar-refractivity contribution in [2.45, 2.75) is 38.6 Å². The zero-order chi connectivity index (χ0) is 17.2. The molecule has 3 heterocycles. The highest BCUT2D eigenvalue weighted by Gasteiger charge is 2.26. The molecule has 1 N–H and O–H groups in total. The van der Waals surface area contributed by atoms with Crippen LogP contribution in [0.4, 0.5) is 5.95 Å². The molecule has 25 heavy (non-hydrogen) atoms. The van der Waals surface area contributed by atoms with Gasteiger partial charge in [0, 0.05) is 30.1 Å². The van der Waals surface area contributed by atoms with Crippen LogP contribution in [0, 0.1) is 0 Å². The smallest absolute Gasteiger partial charge is 0.226 e. The molecule has 0 amide bonds. The summed E-state index contributed by atoms with van der Waals surface area (Å²) in [6.07, 6.45) is 7.94. The Hall–Kier alpha value is -1.43. The molecule has 1 saturated heterocycles. The summed E-state index contributed by atoms with van der Waals surface area (Å²) >= 11 is 6.16. The van der Waals surface area contributed by atoms with E-state index < -0.39 is 0 Å². The number of hydrogen-bond acceptors (Lipinski definition) is 5. The highest BCUT2D eigenvalue weighted by atomic mass is 35.5. The first-order valence-electron chi connectivity index (χ1n) is 9.23. The maximum atomic E-state index is 6.16. The molecule has 1 aromatic heterocycles. The quantitative estimate of drug-likeness (QED) is 0.878. The lowest BCUT2D eigenvalue weighted by Gasteiger charge is -2.34. The second kappa shape index (κ2) is 7.44. The lowest BCUT2D eigenvalue weighted by Crippen LogP contribution is -2.44. The molecule has 6 heteroatoms. The molecular formula is C19H25ClN4O. The van der Waals surface area contributed by atoms with E-state index in [1.54, 1.807) is 0 Å². The molecule has 0 bridgehead atoms. The SMILES string of the molecule is C[C@H]1COCCN1c1nc2c(c(C3=CC=C(Cl)CC3)n1)CCNCC2. The lowest BCUT2D eigenvalue weighted by atomic mass is 9.95. The summed E-state index contributed by atoms with van der Waals surface area (Å²) in [7, 11) is 0. The van der Waals surface area contributed by atoms with Crippen LogP contribution in [0.3, 0.4) is 0 Å². The second-order valence-electron chi connectivity index (χ2n) is 6.97. The van der Waals surface area contributed by atoms with Crippen LogP contribution in [0.25, 0.3) is 5.57 Å². The number of allylic oxidation sites excluding steroid dienone is 4. The van der Waals surface area contributed by atoms with E-state index in [1.165, 1.54) is 16.8 Å². The summed E-state index contributed by atoms with van der Waals surface area (Å²) in [5.41, 5.74) is 4.92. The van der Waals surface area contributed by atoms with Gasteiger partial charge in [0.2, 0.25) is 5.95 Å². The summed E-state index contributed by atoms with van der Waals surface area (Å²) in [6, 6.07) is 0.304. The van der Waals surface area contributed by atoms with Gasteiger partial charge in [-0.2, -0.15) is 0 Å². The average Bonchev–Trinajstić information content (AvgIpc) is 2.87. The Morgan fingerprint density at radius 1 is 1.16 bits per heavy atom. The number of rotatable bonds is 2. The van der Waals surface area contributed by atoms with Crippen molar-refractivity contribution < 1.29 is 4.74 Å². The van der Waals surface area contributed by atoms with Gasteiger partial charge in [0.05, 0.1) is 30.6 Å². The zero-order valence-corrected chi connectivity index (χ0v) is 15.5. The Morgan fingerprint density at radius 2 is 2.04 bits per heavy atom. The first kappa shape index (κ1) is 17.0. The Labute approximate surface area is 154 Å². The maximum Gasteiger partial charge on any atom is 0.226 e. The van der Waals surface area contributed by atoms with Crippen LogP contribution in [0.15, 0.2) is 17.2 Å². The van der Waals surface area contributed by atoms with Crippen molar-refractivity contribution in [3.05, 3.63) is 34.1 Å². The number of morpholine rings is 1. The normalized spacial score (nSPS) is 24.2. The Balaban J connectivity index is 1.79. The van der Waals surface area contributed by atoms with Gasteiger partial charge < -0.3 is 15.0 Å². The summed E-state index contributed by atoms with van der Waals surface area (Å²) in [5.74, 6) is 0.855. The Morgan fingerprint density at radius 3 is 2.84 bits per heavy atom. The van der Waals surface area contributed by atoms with Crippen molar-refractivity contribution in [3.8, 4) is 0 Å². The number of hydrogen-bond donors (Lipinski definition) is 1. The number of fused-ring (bicyclic) bond motifs is 1. The van der Waals surface area contributed by atoms with Gasteiger partial charge in [0.15, 0.2) is 0 Å². The summed E-state index contributed by atoms with van der Waals surface area (Å²) in [4.78, 5) is 12.3. The minimum absolute atomic E-state index is 0.304. The van der Waals surface area contributed by atoms with E-state index in [-0.39, 0.29) is 0 Å². The minimum Gasteiger partial charge on any atom is -0.377 e. The average molecular weight is 361 g/mol. The van der Waals surface area contributed by atoms with Crippen molar-refractivity contribution >= 4 is 23.1 Å². The van der Waals surface area contributed by atoms with Gasteiger partial charge in [0.25, 0.3) is 0 Å². The summed E-state index contributed by atoms with van der Waals surface area (Å²) in [6.45, 7) is 6.47. The number of nitrogens with one attached hydrogen (secondary N) is 1. The van der Waals surface area contributed by atoms with Gasteiger partial charge in [-0.3, -0.25) is 0 Å². The van der Waals surface area contributed by atoms with Gasteiger partial charge in [0.1, 0.15) is 0 Å². The number of halogens is 1. The van der Waals surface area contributed by atoms with Crippen LogP contribution in [0.1, 0.15) is 36.7 Å². The molecule has 0 saturated carbocycles. The molecule has 2 aliphatic heterocycles. The van der Waals surface area contributed by atoms with Gasteiger partial charge in [-0.1, -0.05) is 17.7 Å². The molecule has 1 aliphatic carbocycles. The lowest BCUT2D eigenvalue weighted by molar-refractivity contribution is 0.0980. The largest absolute Gasteiger partial charge is 0.377 e. The molecule has 4 rings (SSSR count). The van der Waals surface area contributed by atoms with E-state index >= 15 is 0 Å². The van der Waals surface area contributed by atoms with Crippen molar-refractivity contribution in [1.82, 2.24) is 15.3 Å². The molecule has 0 spiro atoms. The molecule has 1 atom stereocenters. The third-order valence-corrected chi connectivity index (χ3v) is 5.51. The van der Waals surface area contributed by atoms with Crippen LogP contribution >= 0.6 is 11.6 Å².